The number of nitrogens with zero attached hydrogens (tertiary/aromatic N) is 1. The van der Waals surface area contributed by atoms with Crippen molar-refractivity contribution in [3.05, 3.63) is 0 Å². The van der Waals surface area contributed by atoms with Crippen LogP contribution < -0.4 is 0 Å². The molecule has 0 aliphatic carbocycles. The maximum Gasteiger partial charge on any atom is 0.305 e. The maximum atomic E-state index is 11.2. The van der Waals surface area contributed by atoms with Gasteiger partial charge in [0.1, 0.15) is 8.24 Å². The molecular formula is C15H35NO3Si2. The van der Waals surface area contributed by atoms with Crippen LogP contribution in [0.3, 0.4) is 0 Å². The zero-order chi connectivity index (χ0) is 16.5. The fraction of sp³-hybridized carbons (Fsp3) is 0.933. The normalized spacial score (nSPS) is 12.8. The van der Waals surface area contributed by atoms with Crippen molar-refractivity contribution in [1.29, 1.82) is 0 Å². The summed E-state index contributed by atoms with van der Waals surface area (Å²) in [6, 6.07) is 1.23. The molecule has 0 saturated carbocycles. The van der Waals surface area contributed by atoms with E-state index in [0.29, 0.717) is 6.42 Å². The van der Waals surface area contributed by atoms with E-state index in [1.165, 1.54) is 26.0 Å². The van der Waals surface area contributed by atoms with Gasteiger partial charge in [0.15, 0.2) is 8.32 Å². The van der Waals surface area contributed by atoms with Crippen LogP contribution >= 0.6 is 0 Å². The van der Waals surface area contributed by atoms with Crippen molar-refractivity contribution in [3.8, 4) is 0 Å². The van der Waals surface area contributed by atoms with Crippen LogP contribution in [0.25, 0.3) is 0 Å². The third kappa shape index (κ3) is 10.2. The standard InChI is InChI=1S/C15H35NO3Si2/c1-18-15(17)11-10-13-16(20(3,4)5)12-8-9-14-21(6,7)19-2/h8-14H2,1-7H3. The summed E-state index contributed by atoms with van der Waals surface area (Å²) in [4.78, 5) is 11.2. The molecule has 0 aromatic rings. The molecule has 4 nitrogen and oxygen atoms in total. The summed E-state index contributed by atoms with van der Waals surface area (Å²) < 4.78 is 12.9. The molecule has 126 valence electrons. The molecule has 0 aliphatic rings. The first kappa shape index (κ1) is 20.8. The summed E-state index contributed by atoms with van der Waals surface area (Å²) >= 11 is 0. The number of esters is 1. The average Bonchev–Trinajstić information content (AvgIpc) is 2.39. The van der Waals surface area contributed by atoms with Gasteiger partial charge in [-0.2, -0.15) is 0 Å². The second kappa shape index (κ2) is 9.76. The van der Waals surface area contributed by atoms with Crippen molar-refractivity contribution < 1.29 is 14.0 Å². The van der Waals surface area contributed by atoms with Gasteiger partial charge in [-0.15, -0.1) is 0 Å². The van der Waals surface area contributed by atoms with Crippen molar-refractivity contribution in [2.24, 2.45) is 0 Å². The van der Waals surface area contributed by atoms with Gasteiger partial charge in [0.25, 0.3) is 0 Å². The molecule has 0 atom stereocenters. The van der Waals surface area contributed by atoms with Gasteiger partial charge in [0.05, 0.1) is 7.11 Å². The molecule has 21 heavy (non-hydrogen) atoms. The van der Waals surface area contributed by atoms with E-state index in [2.05, 4.69) is 37.3 Å². The van der Waals surface area contributed by atoms with Crippen LogP contribution in [0.4, 0.5) is 0 Å². The van der Waals surface area contributed by atoms with E-state index in [9.17, 15) is 4.79 Å². The Morgan fingerprint density at radius 3 is 2.00 bits per heavy atom. The lowest BCUT2D eigenvalue weighted by Crippen LogP contribution is -2.47. The van der Waals surface area contributed by atoms with Crippen LogP contribution in [0.5, 0.6) is 0 Å². The summed E-state index contributed by atoms with van der Waals surface area (Å²) in [5.74, 6) is -0.0987. The van der Waals surface area contributed by atoms with Crippen molar-refractivity contribution in [3.63, 3.8) is 0 Å². The number of unbranched alkanes of at least 4 members (excludes halogenated alkanes) is 1. The predicted molar refractivity (Wildman–Crippen MR) is 94.7 cm³/mol. The topological polar surface area (TPSA) is 38.8 Å². The first-order valence-electron chi connectivity index (χ1n) is 7.99. The quantitative estimate of drug-likeness (QED) is 0.328. The molecule has 0 aromatic carbocycles. The number of hydrogen-bond acceptors (Lipinski definition) is 4. The van der Waals surface area contributed by atoms with Crippen molar-refractivity contribution in [2.45, 2.75) is 64.5 Å². The molecule has 0 fully saturated rings. The minimum Gasteiger partial charge on any atom is -0.469 e. The number of methoxy groups -OCH3 is 1. The molecule has 0 bridgehead atoms. The molecule has 0 aliphatic heterocycles. The Morgan fingerprint density at radius 1 is 0.952 bits per heavy atom. The third-order valence-corrected chi connectivity index (χ3v) is 9.00. The van der Waals surface area contributed by atoms with Gasteiger partial charge in [-0.1, -0.05) is 26.1 Å². The molecule has 0 spiro atoms. The first-order valence-corrected chi connectivity index (χ1v) is 14.6. The van der Waals surface area contributed by atoms with Crippen LogP contribution in [0.15, 0.2) is 0 Å². The average molecular weight is 334 g/mol. The van der Waals surface area contributed by atoms with Gasteiger partial charge in [-0.05, 0) is 45.1 Å². The van der Waals surface area contributed by atoms with Gasteiger partial charge < -0.3 is 13.7 Å². The highest BCUT2D eigenvalue weighted by Crippen LogP contribution is 2.17. The highest BCUT2D eigenvalue weighted by atomic mass is 28.4. The van der Waals surface area contributed by atoms with Crippen molar-refractivity contribution >= 4 is 22.5 Å². The second-order valence-corrected chi connectivity index (χ2v) is 16.7. The lowest BCUT2D eigenvalue weighted by atomic mass is 10.3. The molecule has 0 aromatic heterocycles. The molecule has 0 radical (unpaired) electrons. The van der Waals surface area contributed by atoms with Crippen molar-refractivity contribution in [2.75, 3.05) is 27.3 Å². The van der Waals surface area contributed by atoms with Crippen LogP contribution in [-0.2, 0) is 14.0 Å². The zero-order valence-corrected chi connectivity index (χ0v) is 17.1. The fourth-order valence-electron chi connectivity index (χ4n) is 2.25. The molecule has 0 N–H and O–H groups in total. The highest BCUT2D eigenvalue weighted by molar-refractivity contribution is 6.73. The van der Waals surface area contributed by atoms with E-state index in [0.717, 1.165) is 19.5 Å². The maximum absolute atomic E-state index is 11.2. The molecule has 0 unspecified atom stereocenters. The lowest BCUT2D eigenvalue weighted by Gasteiger charge is -2.34. The van der Waals surface area contributed by atoms with E-state index in [1.54, 1.807) is 0 Å². The minimum atomic E-state index is -1.41. The number of hydrogen-bond donors (Lipinski definition) is 0. The van der Waals surface area contributed by atoms with E-state index in [4.69, 9.17) is 9.16 Å². The Bertz CT molecular complexity index is 304. The molecule has 6 heteroatoms. The summed E-state index contributed by atoms with van der Waals surface area (Å²) in [6.07, 6.45) is 3.89. The lowest BCUT2D eigenvalue weighted by molar-refractivity contribution is -0.140. The highest BCUT2D eigenvalue weighted by Gasteiger charge is 2.24. The van der Waals surface area contributed by atoms with Gasteiger partial charge in [0.2, 0.25) is 0 Å². The molecule has 0 heterocycles. The number of carbonyl (C=O) groups is 1. The fourth-order valence-corrected chi connectivity index (χ4v) is 5.22. The smallest absolute Gasteiger partial charge is 0.305 e. The zero-order valence-electron chi connectivity index (χ0n) is 15.1. The van der Waals surface area contributed by atoms with E-state index >= 15 is 0 Å². The van der Waals surface area contributed by atoms with Crippen LogP contribution in [0.1, 0.15) is 25.7 Å². The molecular weight excluding hydrogens is 298 g/mol. The van der Waals surface area contributed by atoms with Gasteiger partial charge in [-0.25, -0.2) is 0 Å². The summed E-state index contributed by atoms with van der Waals surface area (Å²) in [6.45, 7) is 13.8. The minimum absolute atomic E-state index is 0.0987. The largest absolute Gasteiger partial charge is 0.469 e. The first-order chi connectivity index (χ1) is 9.62. The molecule has 0 saturated heterocycles. The predicted octanol–water partition coefficient (Wildman–Crippen LogP) is 3.71. The Morgan fingerprint density at radius 2 is 1.52 bits per heavy atom. The SMILES string of the molecule is COC(=O)CCCN(CCCC[Si](C)(C)OC)[Si](C)(C)C. The van der Waals surface area contributed by atoms with Crippen LogP contribution in [0, 0.1) is 0 Å². The Balaban J connectivity index is 4.12. The third-order valence-electron chi connectivity index (χ3n) is 3.99. The number of carbonyl (C=O) groups excluding carboxylic acids is 1. The second-order valence-electron chi connectivity index (χ2n) is 7.26. The van der Waals surface area contributed by atoms with Gasteiger partial charge >= 0.3 is 5.97 Å². The van der Waals surface area contributed by atoms with Gasteiger partial charge in [-0.3, -0.25) is 4.79 Å². The van der Waals surface area contributed by atoms with E-state index < -0.39 is 16.6 Å². The van der Waals surface area contributed by atoms with E-state index in [-0.39, 0.29) is 5.97 Å². The Hall–Kier alpha value is -0.176. The van der Waals surface area contributed by atoms with Crippen molar-refractivity contribution in [1.82, 2.24) is 4.57 Å². The monoisotopic (exact) mass is 333 g/mol. The van der Waals surface area contributed by atoms with Crippen LogP contribution in [0.2, 0.25) is 38.8 Å². The van der Waals surface area contributed by atoms with Crippen LogP contribution in [-0.4, -0.2) is 54.4 Å². The summed E-state index contributed by atoms with van der Waals surface area (Å²) in [5.41, 5.74) is 0. The Labute approximate surface area is 133 Å². The number of ether oxygens (including phenoxy) is 1. The number of rotatable bonds is 11. The molecule has 0 rings (SSSR count). The van der Waals surface area contributed by atoms with E-state index in [1.807, 2.05) is 7.11 Å². The molecule has 0 amide bonds. The Kier molecular flexibility index (Phi) is 9.68. The summed E-state index contributed by atoms with van der Waals surface area (Å²) in [5, 5.41) is 0. The summed E-state index contributed by atoms with van der Waals surface area (Å²) in [7, 11) is 0.579. The van der Waals surface area contributed by atoms with Gasteiger partial charge in [0, 0.05) is 13.5 Å².